The molecule has 0 aromatic carbocycles. The topological polar surface area (TPSA) is 104 Å². The van der Waals surface area contributed by atoms with Gasteiger partial charge in [0.2, 0.25) is 0 Å². The third-order valence-corrected chi connectivity index (χ3v) is 5.61. The lowest BCUT2D eigenvalue weighted by Crippen LogP contribution is -2.37. The largest absolute Gasteiger partial charge is 0.473 e. The van der Waals surface area contributed by atoms with Gasteiger partial charge in [0.15, 0.2) is 4.83 Å². The van der Waals surface area contributed by atoms with Gasteiger partial charge >= 0.3 is 11.9 Å². The Morgan fingerprint density at radius 2 is 2.00 bits per heavy atom. The molecule has 9 heteroatoms. The lowest BCUT2D eigenvalue weighted by molar-refractivity contribution is -0.159. The monoisotopic (exact) mass is 327 g/mol. The van der Waals surface area contributed by atoms with Crippen molar-refractivity contribution in [3.63, 3.8) is 0 Å². The number of piperidine rings is 1. The number of fused-ring (bicyclic) bond motifs is 6. The number of aromatic nitrogens is 2. The molecule has 0 radical (unpaired) electrons. The van der Waals surface area contributed by atoms with Crippen LogP contribution < -0.4 is 0 Å². The van der Waals surface area contributed by atoms with Crippen molar-refractivity contribution >= 4 is 45.4 Å². The predicted octanol–water partition coefficient (Wildman–Crippen LogP) is 1.60. The highest BCUT2D eigenvalue weighted by Crippen LogP contribution is 2.43. The van der Waals surface area contributed by atoms with Gasteiger partial charge in [-0.15, -0.1) is 11.3 Å². The summed E-state index contributed by atoms with van der Waals surface area (Å²) in [7, 11) is 0. The summed E-state index contributed by atoms with van der Waals surface area (Å²) >= 11 is 3.24. The van der Waals surface area contributed by atoms with E-state index in [0.717, 1.165) is 12.5 Å². The van der Waals surface area contributed by atoms with Crippen molar-refractivity contribution in [2.45, 2.75) is 25.3 Å². The average molecular weight is 327 g/mol. The van der Waals surface area contributed by atoms with E-state index in [9.17, 15) is 0 Å². The van der Waals surface area contributed by atoms with E-state index in [2.05, 4.69) is 13.6 Å². The van der Waals surface area contributed by atoms with E-state index in [-0.39, 0.29) is 0 Å². The zero-order chi connectivity index (χ0) is 15.0. The second kappa shape index (κ2) is 5.66. The van der Waals surface area contributed by atoms with Crippen LogP contribution in [-0.2, 0) is 16.1 Å². The molecule has 7 nitrogen and oxygen atoms in total. The van der Waals surface area contributed by atoms with Gasteiger partial charge in [-0.1, -0.05) is 0 Å². The molecule has 2 aromatic rings. The van der Waals surface area contributed by atoms with E-state index in [1.807, 2.05) is 11.3 Å². The normalized spacial score (nSPS) is 23.0. The smallest absolute Gasteiger partial charge is 0.414 e. The number of thiophene rings is 1. The third-order valence-electron chi connectivity index (χ3n) is 3.69. The highest BCUT2D eigenvalue weighted by Gasteiger charge is 2.32. The van der Waals surface area contributed by atoms with Gasteiger partial charge in [-0.3, -0.25) is 4.90 Å². The minimum atomic E-state index is -1.82. The first kappa shape index (κ1) is 14.4. The Kier molecular flexibility index (Phi) is 3.87. The maximum atomic E-state index is 9.10. The summed E-state index contributed by atoms with van der Waals surface area (Å²) in [6.45, 7) is 3.64. The fourth-order valence-electron chi connectivity index (χ4n) is 2.83. The van der Waals surface area contributed by atoms with E-state index in [1.54, 1.807) is 4.88 Å². The van der Waals surface area contributed by atoms with E-state index < -0.39 is 11.9 Å². The number of carboxylic acids is 2. The molecule has 112 valence electrons. The van der Waals surface area contributed by atoms with Crippen molar-refractivity contribution in [1.29, 1.82) is 0 Å². The first-order valence-corrected chi connectivity index (χ1v) is 8.03. The summed E-state index contributed by atoms with van der Waals surface area (Å²) in [6, 6.07) is 0. The van der Waals surface area contributed by atoms with Crippen molar-refractivity contribution in [3.8, 4) is 0 Å². The maximum Gasteiger partial charge on any atom is 0.414 e. The molecule has 0 saturated carbocycles. The lowest BCUT2D eigenvalue weighted by Gasteiger charge is -2.37. The number of carboxylic acid groups (broad SMARTS) is 2. The minimum Gasteiger partial charge on any atom is -0.473 e. The van der Waals surface area contributed by atoms with E-state index in [0.29, 0.717) is 0 Å². The molecule has 21 heavy (non-hydrogen) atoms. The van der Waals surface area contributed by atoms with Crippen LogP contribution in [0, 0.1) is 0 Å². The van der Waals surface area contributed by atoms with E-state index in [1.165, 1.54) is 53.6 Å². The van der Waals surface area contributed by atoms with Gasteiger partial charge in [-0.2, -0.15) is 8.75 Å². The fourth-order valence-corrected chi connectivity index (χ4v) is 4.74. The van der Waals surface area contributed by atoms with Crippen LogP contribution in [0.3, 0.4) is 0 Å². The number of nitrogens with zero attached hydrogens (tertiary/aromatic N) is 3. The highest BCUT2D eigenvalue weighted by atomic mass is 32.1. The number of aliphatic carboxylic acids is 2. The fraction of sp³-hybridized carbons (Fsp3) is 0.500. The Labute approximate surface area is 128 Å². The van der Waals surface area contributed by atoms with Crippen LogP contribution in [0.1, 0.15) is 29.2 Å². The number of carbonyl (C=O) groups is 2. The Morgan fingerprint density at radius 3 is 2.71 bits per heavy atom. The van der Waals surface area contributed by atoms with Gasteiger partial charge < -0.3 is 10.2 Å². The molecule has 2 aliphatic rings. The van der Waals surface area contributed by atoms with Gasteiger partial charge in [0.25, 0.3) is 0 Å². The molecule has 1 saturated heterocycles. The maximum absolute atomic E-state index is 9.10. The van der Waals surface area contributed by atoms with Crippen LogP contribution in [0.25, 0.3) is 10.3 Å². The third kappa shape index (κ3) is 2.76. The summed E-state index contributed by atoms with van der Waals surface area (Å²) in [5, 5.41) is 14.8. The summed E-state index contributed by atoms with van der Waals surface area (Å²) in [5.74, 6) is -2.88. The molecule has 1 fully saturated rings. The van der Waals surface area contributed by atoms with Crippen molar-refractivity contribution in [2.24, 2.45) is 0 Å². The minimum absolute atomic E-state index is 0.772. The zero-order valence-electron chi connectivity index (χ0n) is 11.0. The molecule has 0 amide bonds. The summed E-state index contributed by atoms with van der Waals surface area (Å²) in [6.07, 6.45) is 2.71. The van der Waals surface area contributed by atoms with Crippen LogP contribution in [-0.4, -0.2) is 48.9 Å². The van der Waals surface area contributed by atoms with Gasteiger partial charge in [0.05, 0.1) is 11.7 Å². The average Bonchev–Trinajstić information content (AvgIpc) is 3.02. The molecule has 4 rings (SSSR count). The summed E-state index contributed by atoms with van der Waals surface area (Å²) < 4.78 is 8.80. The molecule has 4 heterocycles. The number of rotatable bonds is 0. The van der Waals surface area contributed by atoms with Crippen LogP contribution in [0.4, 0.5) is 0 Å². The van der Waals surface area contributed by atoms with Crippen LogP contribution in [0.15, 0.2) is 0 Å². The van der Waals surface area contributed by atoms with Crippen LogP contribution in [0.5, 0.6) is 0 Å². The first-order valence-electron chi connectivity index (χ1n) is 6.48. The highest BCUT2D eigenvalue weighted by molar-refractivity contribution is 7.20. The molecule has 2 atom stereocenters. The molecule has 2 aromatic heterocycles. The first-order chi connectivity index (χ1) is 10.1. The standard InChI is InChI=1S/C10H11N3S2.C2H2O4/c1-2-6-4-13(3-1)5-7-8-10(12-15-11-8)14-9(6)7;3-1(4)2(5)6/h6H,1-5H2;(H,3,4)(H,5,6). The lowest BCUT2D eigenvalue weighted by atomic mass is 9.90. The molecule has 2 unspecified atom stereocenters. The second-order valence-corrected chi connectivity index (χ2v) is 6.61. The molecule has 2 bridgehead atoms. The SMILES string of the molecule is C1CC2CN(C1)Cc1c2sc2nsnc12.O=C(O)C(=O)O. The number of hydrogen-bond acceptors (Lipinski definition) is 7. The Bertz CT molecular complexity index is 684. The van der Waals surface area contributed by atoms with Crippen LogP contribution >= 0.6 is 23.1 Å². The molecule has 0 aliphatic carbocycles. The summed E-state index contributed by atoms with van der Waals surface area (Å²) in [4.78, 5) is 23.5. The predicted molar refractivity (Wildman–Crippen MR) is 77.8 cm³/mol. The Balaban J connectivity index is 0.000000192. The van der Waals surface area contributed by atoms with Crippen LogP contribution in [0.2, 0.25) is 0 Å². The molecular weight excluding hydrogens is 314 g/mol. The van der Waals surface area contributed by atoms with Crippen molar-refractivity contribution in [2.75, 3.05) is 13.1 Å². The molecular formula is C12H13N3O4S2. The quantitative estimate of drug-likeness (QED) is 0.708. The molecule has 2 N–H and O–H groups in total. The molecule has 2 aliphatic heterocycles. The molecule has 0 spiro atoms. The zero-order valence-corrected chi connectivity index (χ0v) is 12.6. The number of hydrogen-bond donors (Lipinski definition) is 2. The van der Waals surface area contributed by atoms with Gasteiger partial charge in [0, 0.05) is 29.4 Å². The van der Waals surface area contributed by atoms with Crippen molar-refractivity contribution in [1.82, 2.24) is 13.6 Å². The van der Waals surface area contributed by atoms with Crippen molar-refractivity contribution in [3.05, 3.63) is 10.4 Å². The Hall–Kier alpha value is -1.58. The van der Waals surface area contributed by atoms with Gasteiger partial charge in [0.1, 0.15) is 5.52 Å². The second-order valence-electron chi connectivity index (χ2n) is 5.05. The van der Waals surface area contributed by atoms with E-state index >= 15 is 0 Å². The van der Waals surface area contributed by atoms with Crippen molar-refractivity contribution < 1.29 is 19.8 Å². The van der Waals surface area contributed by atoms with E-state index in [4.69, 9.17) is 19.8 Å². The van der Waals surface area contributed by atoms with Gasteiger partial charge in [-0.05, 0) is 19.4 Å². The Morgan fingerprint density at radius 1 is 1.24 bits per heavy atom. The summed E-state index contributed by atoms with van der Waals surface area (Å²) in [5.41, 5.74) is 2.68. The van der Waals surface area contributed by atoms with Gasteiger partial charge in [-0.25, -0.2) is 9.59 Å².